The van der Waals surface area contributed by atoms with E-state index >= 15 is 0 Å². The third-order valence-corrected chi connectivity index (χ3v) is 4.31. The fourth-order valence-corrected chi connectivity index (χ4v) is 3.15. The van der Waals surface area contributed by atoms with Gasteiger partial charge < -0.3 is 24.7 Å². The zero-order valence-corrected chi connectivity index (χ0v) is 14.2. The van der Waals surface area contributed by atoms with Crippen LogP contribution in [0, 0.1) is 0 Å². The topological polar surface area (TPSA) is 91.3 Å². The number of nitrogen functional groups attached to an aromatic ring is 1. The van der Waals surface area contributed by atoms with E-state index in [0.717, 1.165) is 44.1 Å². The number of ether oxygens (including phenoxy) is 2. The van der Waals surface area contributed by atoms with Gasteiger partial charge in [0.1, 0.15) is 11.6 Å². The van der Waals surface area contributed by atoms with E-state index in [1.54, 1.807) is 14.2 Å². The highest BCUT2D eigenvalue weighted by Gasteiger charge is 2.26. The highest BCUT2D eigenvalue weighted by Crippen LogP contribution is 2.29. The van der Waals surface area contributed by atoms with Crippen LogP contribution in [0.4, 0.5) is 11.8 Å². The lowest BCUT2D eigenvalue weighted by Gasteiger charge is -2.33. The molecule has 0 aromatic carbocycles. The average Bonchev–Trinajstić information content (AvgIpc) is 3.08. The smallest absolute Gasteiger partial charge is 0.225 e. The molecule has 1 atom stereocenters. The Morgan fingerprint density at radius 3 is 3.00 bits per heavy atom. The summed E-state index contributed by atoms with van der Waals surface area (Å²) in [5.74, 6) is 2.98. The second-order valence-electron chi connectivity index (χ2n) is 5.88. The molecule has 0 bridgehead atoms. The first-order chi connectivity index (χ1) is 11.7. The summed E-state index contributed by atoms with van der Waals surface area (Å²) in [5, 5.41) is 0. The van der Waals surface area contributed by atoms with Crippen LogP contribution < -0.4 is 15.4 Å². The fourth-order valence-electron chi connectivity index (χ4n) is 3.15. The Bertz CT molecular complexity index is 674. The van der Waals surface area contributed by atoms with Gasteiger partial charge in [0.15, 0.2) is 0 Å². The Kier molecular flexibility index (Phi) is 5.14. The molecule has 1 aliphatic heterocycles. The van der Waals surface area contributed by atoms with Crippen LogP contribution in [-0.2, 0) is 11.3 Å². The van der Waals surface area contributed by atoms with Crippen molar-refractivity contribution < 1.29 is 9.47 Å². The van der Waals surface area contributed by atoms with Gasteiger partial charge in [-0.05, 0) is 12.8 Å². The number of aromatic nitrogens is 4. The molecule has 2 aromatic heterocycles. The largest absolute Gasteiger partial charge is 0.481 e. The molecule has 0 amide bonds. The third-order valence-electron chi connectivity index (χ3n) is 4.31. The van der Waals surface area contributed by atoms with E-state index in [1.165, 1.54) is 0 Å². The minimum absolute atomic E-state index is 0.230. The summed E-state index contributed by atoms with van der Waals surface area (Å²) in [6.45, 7) is 3.29. The van der Waals surface area contributed by atoms with E-state index in [0.29, 0.717) is 18.4 Å². The number of nitrogens with zero attached hydrogens (tertiary/aromatic N) is 5. The van der Waals surface area contributed by atoms with Gasteiger partial charge in [0.25, 0.3) is 0 Å². The van der Waals surface area contributed by atoms with Crippen molar-refractivity contribution in [3.05, 3.63) is 24.3 Å². The van der Waals surface area contributed by atoms with Gasteiger partial charge in [-0.1, -0.05) is 0 Å². The molecule has 2 N–H and O–H groups in total. The van der Waals surface area contributed by atoms with E-state index < -0.39 is 0 Å². The minimum atomic E-state index is 0.230. The number of imidazole rings is 1. The molecular formula is C16H24N6O2. The van der Waals surface area contributed by atoms with Crippen LogP contribution in [0.15, 0.2) is 18.5 Å². The molecule has 130 valence electrons. The summed E-state index contributed by atoms with van der Waals surface area (Å²) in [5.41, 5.74) is 5.79. The van der Waals surface area contributed by atoms with Crippen LogP contribution in [0.3, 0.4) is 0 Å². The molecule has 0 unspecified atom stereocenters. The van der Waals surface area contributed by atoms with Gasteiger partial charge in [0.05, 0.1) is 13.7 Å². The molecule has 0 radical (unpaired) electrons. The van der Waals surface area contributed by atoms with Crippen LogP contribution in [0.1, 0.15) is 24.6 Å². The Morgan fingerprint density at radius 2 is 2.21 bits per heavy atom. The maximum atomic E-state index is 5.79. The summed E-state index contributed by atoms with van der Waals surface area (Å²) in [7, 11) is 3.29. The third kappa shape index (κ3) is 3.59. The molecule has 1 fully saturated rings. The van der Waals surface area contributed by atoms with E-state index in [-0.39, 0.29) is 5.95 Å². The summed E-state index contributed by atoms with van der Waals surface area (Å²) in [4.78, 5) is 15.2. The highest BCUT2D eigenvalue weighted by molar-refractivity contribution is 5.46. The van der Waals surface area contributed by atoms with Crippen molar-refractivity contribution >= 4 is 11.8 Å². The van der Waals surface area contributed by atoms with Gasteiger partial charge in [0.2, 0.25) is 11.8 Å². The van der Waals surface area contributed by atoms with Crippen molar-refractivity contribution in [3.8, 4) is 5.88 Å². The molecule has 8 nitrogen and oxygen atoms in total. The monoisotopic (exact) mass is 332 g/mol. The number of piperidine rings is 1. The number of nitrogens with two attached hydrogens (primary N) is 1. The lowest BCUT2D eigenvalue weighted by Crippen LogP contribution is -2.36. The molecule has 1 aliphatic rings. The lowest BCUT2D eigenvalue weighted by atomic mass is 9.97. The molecule has 3 rings (SSSR count). The Labute approximate surface area is 141 Å². The van der Waals surface area contributed by atoms with Gasteiger partial charge in [-0.25, -0.2) is 4.98 Å². The molecule has 8 heteroatoms. The number of hydrogen-bond donors (Lipinski definition) is 1. The summed E-state index contributed by atoms with van der Waals surface area (Å²) in [6.07, 6.45) is 6.06. The average molecular weight is 332 g/mol. The molecule has 0 spiro atoms. The quantitative estimate of drug-likeness (QED) is 0.852. The van der Waals surface area contributed by atoms with Crippen molar-refractivity contribution in [3.63, 3.8) is 0 Å². The predicted molar refractivity (Wildman–Crippen MR) is 91.3 cm³/mol. The van der Waals surface area contributed by atoms with Gasteiger partial charge >= 0.3 is 0 Å². The maximum absolute atomic E-state index is 5.79. The predicted octanol–water partition coefficient (Wildman–Crippen LogP) is 1.29. The molecule has 3 heterocycles. The second-order valence-corrected chi connectivity index (χ2v) is 5.88. The van der Waals surface area contributed by atoms with E-state index in [4.69, 9.17) is 15.2 Å². The van der Waals surface area contributed by atoms with E-state index in [1.807, 2.05) is 18.5 Å². The normalized spacial score (nSPS) is 17.9. The molecule has 1 saturated heterocycles. The van der Waals surface area contributed by atoms with Gasteiger partial charge in [-0.2, -0.15) is 9.97 Å². The number of anilines is 2. The SMILES string of the molecule is COCCn1ccnc1[C@@H]1CCCN(c2cc(OC)nc(N)n2)C1. The summed E-state index contributed by atoms with van der Waals surface area (Å²) >= 11 is 0. The van der Waals surface area contributed by atoms with Crippen LogP contribution >= 0.6 is 0 Å². The highest BCUT2D eigenvalue weighted by atomic mass is 16.5. The van der Waals surface area contributed by atoms with E-state index in [2.05, 4.69) is 24.4 Å². The van der Waals surface area contributed by atoms with Gasteiger partial charge in [0, 0.05) is 51.1 Å². The Hall–Kier alpha value is -2.35. The molecule has 0 aliphatic carbocycles. The van der Waals surface area contributed by atoms with E-state index in [9.17, 15) is 0 Å². The summed E-state index contributed by atoms with van der Waals surface area (Å²) < 4.78 is 12.6. The van der Waals surface area contributed by atoms with Crippen molar-refractivity contribution in [1.29, 1.82) is 0 Å². The Balaban J connectivity index is 1.77. The van der Waals surface area contributed by atoms with Crippen molar-refractivity contribution in [2.75, 3.05) is 44.5 Å². The lowest BCUT2D eigenvalue weighted by molar-refractivity contribution is 0.185. The number of methoxy groups -OCH3 is 2. The molecular weight excluding hydrogens is 308 g/mol. The Morgan fingerprint density at radius 1 is 1.33 bits per heavy atom. The first-order valence-corrected chi connectivity index (χ1v) is 8.14. The van der Waals surface area contributed by atoms with Crippen LogP contribution in [0.5, 0.6) is 5.88 Å². The van der Waals surface area contributed by atoms with Crippen molar-refractivity contribution in [2.45, 2.75) is 25.3 Å². The number of hydrogen-bond acceptors (Lipinski definition) is 7. The summed E-state index contributed by atoms with van der Waals surface area (Å²) in [6, 6.07) is 1.83. The van der Waals surface area contributed by atoms with Crippen molar-refractivity contribution in [1.82, 2.24) is 19.5 Å². The number of rotatable bonds is 6. The zero-order valence-electron chi connectivity index (χ0n) is 14.2. The first kappa shape index (κ1) is 16.5. The van der Waals surface area contributed by atoms with Crippen LogP contribution in [0.2, 0.25) is 0 Å². The standard InChI is InChI=1S/C16H24N6O2/c1-23-9-8-21-7-5-18-15(21)12-4-3-6-22(11-12)13-10-14(24-2)20-16(17)19-13/h5,7,10,12H,3-4,6,8-9,11H2,1-2H3,(H2,17,19,20)/t12-/m1/s1. The molecule has 0 saturated carbocycles. The van der Waals surface area contributed by atoms with Gasteiger partial charge in [-0.15, -0.1) is 0 Å². The van der Waals surface area contributed by atoms with Crippen molar-refractivity contribution in [2.24, 2.45) is 0 Å². The fraction of sp³-hybridized carbons (Fsp3) is 0.562. The maximum Gasteiger partial charge on any atom is 0.225 e. The molecule has 2 aromatic rings. The molecule has 24 heavy (non-hydrogen) atoms. The van der Waals surface area contributed by atoms with Crippen LogP contribution in [-0.4, -0.2) is 53.4 Å². The van der Waals surface area contributed by atoms with Crippen LogP contribution in [0.25, 0.3) is 0 Å². The second kappa shape index (κ2) is 7.48. The zero-order chi connectivity index (χ0) is 16.9. The first-order valence-electron chi connectivity index (χ1n) is 8.14. The van der Waals surface area contributed by atoms with Gasteiger partial charge in [-0.3, -0.25) is 0 Å². The minimum Gasteiger partial charge on any atom is -0.481 e.